The molecule has 132 valence electrons. The minimum absolute atomic E-state index is 0. The van der Waals surface area contributed by atoms with Crippen LogP contribution in [-0.4, -0.2) is 27.6 Å². The third-order valence-electron chi connectivity index (χ3n) is 4.28. The molecule has 0 amide bonds. The molecule has 0 saturated carbocycles. The zero-order valence-electron chi connectivity index (χ0n) is 13.4. The number of nitro benzene ring substituents is 1. The van der Waals surface area contributed by atoms with Crippen molar-refractivity contribution >= 4 is 61.0 Å². The van der Waals surface area contributed by atoms with Crippen molar-refractivity contribution in [2.24, 2.45) is 0 Å². The Kier molecular flexibility index (Phi) is 6.28. The smallest absolute Gasteiger partial charge is 0.312 e. The quantitative estimate of drug-likeness (QED) is 0.497. The summed E-state index contributed by atoms with van der Waals surface area (Å²) < 4.78 is 3.27. The van der Waals surface area contributed by atoms with Gasteiger partial charge in [0, 0.05) is 16.4 Å². The molecule has 9 heteroatoms. The van der Waals surface area contributed by atoms with Gasteiger partial charge in [0.25, 0.3) is 0 Å². The Labute approximate surface area is 163 Å². The van der Waals surface area contributed by atoms with E-state index in [1.54, 1.807) is 0 Å². The minimum atomic E-state index is -0.360. The lowest BCUT2D eigenvalue weighted by Crippen LogP contribution is -2.28. The fourth-order valence-electron chi connectivity index (χ4n) is 3.25. The van der Waals surface area contributed by atoms with Gasteiger partial charge in [0.15, 0.2) is 5.52 Å². The van der Waals surface area contributed by atoms with Gasteiger partial charge in [-0.3, -0.25) is 10.1 Å². The molecule has 1 fully saturated rings. The van der Waals surface area contributed by atoms with Crippen LogP contribution in [0.4, 0.5) is 5.69 Å². The second-order valence-corrected chi connectivity index (χ2v) is 7.75. The van der Waals surface area contributed by atoms with E-state index in [0.29, 0.717) is 20.4 Å². The van der Waals surface area contributed by atoms with Gasteiger partial charge >= 0.3 is 5.69 Å². The lowest BCUT2D eigenvalue weighted by molar-refractivity contribution is -0.384. The van der Waals surface area contributed by atoms with Crippen molar-refractivity contribution in [2.45, 2.75) is 38.6 Å². The molecule has 0 aliphatic carbocycles. The maximum Gasteiger partial charge on any atom is 0.312 e. The van der Waals surface area contributed by atoms with Gasteiger partial charge < -0.3 is 9.88 Å². The van der Waals surface area contributed by atoms with Crippen molar-refractivity contribution in [3.63, 3.8) is 0 Å². The van der Waals surface area contributed by atoms with Gasteiger partial charge in [0.05, 0.1) is 10.4 Å². The van der Waals surface area contributed by atoms with E-state index in [0.717, 1.165) is 37.3 Å². The number of aromatic nitrogens is 2. The van der Waals surface area contributed by atoms with Crippen LogP contribution in [0.2, 0.25) is 0 Å². The second kappa shape index (κ2) is 7.68. The first-order valence-electron chi connectivity index (χ1n) is 7.66. The Bertz CT molecular complexity index is 773. The van der Waals surface area contributed by atoms with Gasteiger partial charge in [-0.15, -0.1) is 12.4 Å². The Morgan fingerprint density at radius 2 is 2.00 bits per heavy atom. The highest BCUT2D eigenvalue weighted by molar-refractivity contribution is 9.13. The molecule has 2 heterocycles. The van der Waals surface area contributed by atoms with E-state index in [4.69, 9.17) is 4.98 Å². The van der Waals surface area contributed by atoms with Gasteiger partial charge in [0.1, 0.15) is 10.3 Å². The van der Waals surface area contributed by atoms with Gasteiger partial charge in [-0.2, -0.15) is 0 Å². The number of fused-ring (bicyclic) bond motifs is 1. The van der Waals surface area contributed by atoms with Crippen LogP contribution < -0.4 is 5.32 Å². The molecule has 0 radical (unpaired) electrons. The molecule has 1 aromatic carbocycles. The number of hydrogen-bond donors (Lipinski definition) is 1. The Morgan fingerprint density at radius 3 is 2.54 bits per heavy atom. The van der Waals surface area contributed by atoms with E-state index >= 15 is 0 Å². The first-order valence-corrected chi connectivity index (χ1v) is 9.25. The molecule has 0 unspecified atom stereocenters. The predicted octanol–water partition coefficient (Wildman–Crippen LogP) is 4.94. The lowest BCUT2D eigenvalue weighted by atomic mass is 9.97. The molecule has 6 nitrogen and oxygen atoms in total. The summed E-state index contributed by atoms with van der Waals surface area (Å²) >= 11 is 6.74. The van der Waals surface area contributed by atoms with Crippen molar-refractivity contribution in [1.82, 2.24) is 14.9 Å². The molecule has 24 heavy (non-hydrogen) atoms. The number of nitrogens with zero attached hydrogens (tertiary/aromatic N) is 3. The first kappa shape index (κ1) is 19.6. The van der Waals surface area contributed by atoms with E-state index in [1.807, 2.05) is 6.07 Å². The van der Waals surface area contributed by atoms with Gasteiger partial charge in [-0.1, -0.05) is 0 Å². The summed E-state index contributed by atoms with van der Waals surface area (Å²) in [6.07, 6.45) is 2.01. The predicted molar refractivity (Wildman–Crippen MR) is 104 cm³/mol. The third-order valence-corrected chi connectivity index (χ3v) is 6.24. The van der Waals surface area contributed by atoms with Crippen molar-refractivity contribution in [2.75, 3.05) is 13.1 Å². The number of hydrogen-bond acceptors (Lipinski definition) is 4. The van der Waals surface area contributed by atoms with E-state index < -0.39 is 0 Å². The van der Waals surface area contributed by atoms with Crippen molar-refractivity contribution in [3.8, 4) is 0 Å². The number of nitro groups is 1. The summed E-state index contributed by atoms with van der Waals surface area (Å²) in [6, 6.07) is 2.11. The summed E-state index contributed by atoms with van der Waals surface area (Å²) in [5.74, 6) is 1.30. The summed E-state index contributed by atoms with van der Waals surface area (Å²) in [5, 5.41) is 14.9. The number of imidazole rings is 1. The standard InChI is InChI=1S/C15H18Br2N4O2.ClH/c1-8(2)20-11-7-10(16)12(17)14(21(22)23)13(11)19-15(20)9-3-5-18-6-4-9;/h7-9,18H,3-6H2,1-2H3;1H. The summed E-state index contributed by atoms with van der Waals surface area (Å²) in [7, 11) is 0. The van der Waals surface area contributed by atoms with Crippen LogP contribution in [0.5, 0.6) is 0 Å². The largest absolute Gasteiger partial charge is 0.325 e. The number of piperidine rings is 1. The monoisotopic (exact) mass is 480 g/mol. The van der Waals surface area contributed by atoms with E-state index in [1.165, 1.54) is 0 Å². The SMILES string of the molecule is CC(C)n1c(C2CCNCC2)nc2c([N+](=O)[O-])c(Br)c(Br)cc21.Cl. The first-order chi connectivity index (χ1) is 10.9. The van der Waals surface area contributed by atoms with Crippen LogP contribution in [0.3, 0.4) is 0 Å². The van der Waals surface area contributed by atoms with Crippen LogP contribution >= 0.6 is 44.3 Å². The Morgan fingerprint density at radius 1 is 1.38 bits per heavy atom. The molecular weight excluding hydrogens is 463 g/mol. The Balaban J connectivity index is 0.00000208. The average Bonchev–Trinajstić information content (AvgIpc) is 2.87. The normalized spacial score (nSPS) is 15.7. The molecule has 1 aliphatic heterocycles. The van der Waals surface area contributed by atoms with Gasteiger partial charge in [-0.05, 0) is 77.7 Å². The molecule has 0 bridgehead atoms. The van der Waals surface area contributed by atoms with Gasteiger partial charge in [0.2, 0.25) is 0 Å². The van der Waals surface area contributed by atoms with E-state index in [2.05, 4.69) is 55.6 Å². The van der Waals surface area contributed by atoms with Crippen LogP contribution in [0.25, 0.3) is 11.0 Å². The van der Waals surface area contributed by atoms with Crippen molar-refractivity contribution in [1.29, 1.82) is 0 Å². The molecule has 0 spiro atoms. The van der Waals surface area contributed by atoms with Crippen LogP contribution in [-0.2, 0) is 0 Å². The highest BCUT2D eigenvalue weighted by Crippen LogP contribution is 2.41. The number of nitrogens with one attached hydrogen (secondary N) is 1. The van der Waals surface area contributed by atoms with Crippen LogP contribution in [0.1, 0.15) is 44.5 Å². The summed E-state index contributed by atoms with van der Waals surface area (Å²) in [6.45, 7) is 6.10. The van der Waals surface area contributed by atoms with Crippen LogP contribution in [0.15, 0.2) is 15.0 Å². The molecule has 1 aliphatic rings. The zero-order chi connectivity index (χ0) is 16.7. The zero-order valence-corrected chi connectivity index (χ0v) is 17.4. The maximum absolute atomic E-state index is 11.6. The molecule has 1 N–H and O–H groups in total. The van der Waals surface area contributed by atoms with Crippen molar-refractivity contribution in [3.05, 3.63) is 31.0 Å². The molecule has 2 aromatic rings. The highest BCUT2D eigenvalue weighted by Gasteiger charge is 2.29. The average molecular weight is 483 g/mol. The van der Waals surface area contributed by atoms with Crippen LogP contribution in [0, 0.1) is 10.1 Å². The summed E-state index contributed by atoms with van der Waals surface area (Å²) in [5.41, 5.74) is 1.31. The van der Waals surface area contributed by atoms with Crippen molar-refractivity contribution < 1.29 is 4.92 Å². The third kappa shape index (κ3) is 3.34. The fourth-order valence-corrected chi connectivity index (χ4v) is 4.10. The molecule has 0 atom stereocenters. The minimum Gasteiger partial charge on any atom is -0.325 e. The fraction of sp³-hybridized carbons (Fsp3) is 0.533. The lowest BCUT2D eigenvalue weighted by Gasteiger charge is -2.24. The van der Waals surface area contributed by atoms with E-state index in [-0.39, 0.29) is 29.1 Å². The number of halogens is 3. The number of benzene rings is 1. The number of rotatable bonds is 3. The van der Waals surface area contributed by atoms with Gasteiger partial charge in [-0.25, -0.2) is 4.98 Å². The molecule has 1 aromatic heterocycles. The van der Waals surface area contributed by atoms with E-state index in [9.17, 15) is 10.1 Å². The summed E-state index contributed by atoms with van der Waals surface area (Å²) in [4.78, 5) is 15.9. The highest BCUT2D eigenvalue weighted by atomic mass is 79.9. The molecular formula is C15H19Br2ClN4O2. The molecule has 1 saturated heterocycles. The Hall–Kier alpha value is -0.700. The topological polar surface area (TPSA) is 73.0 Å². The second-order valence-electron chi connectivity index (χ2n) is 6.10. The molecule has 3 rings (SSSR count). The maximum atomic E-state index is 11.6.